The molecule has 0 saturated heterocycles. The molecule has 2 amide bonds. The Morgan fingerprint density at radius 2 is 1.48 bits per heavy atom. The molecule has 0 radical (unpaired) electrons. The van der Waals surface area contributed by atoms with Crippen molar-refractivity contribution in [1.29, 1.82) is 0 Å². The van der Waals surface area contributed by atoms with E-state index in [0.717, 1.165) is 5.69 Å². The molecule has 5 nitrogen and oxygen atoms in total. The minimum absolute atomic E-state index is 0.00772. The summed E-state index contributed by atoms with van der Waals surface area (Å²) >= 11 is 0. The number of hydrogen-bond acceptors (Lipinski definition) is 3. The van der Waals surface area contributed by atoms with Gasteiger partial charge >= 0.3 is 0 Å². The molecule has 0 heterocycles. The van der Waals surface area contributed by atoms with Crippen molar-refractivity contribution in [3.8, 4) is 0 Å². The summed E-state index contributed by atoms with van der Waals surface area (Å²) in [7, 11) is 0. The second-order valence-electron chi connectivity index (χ2n) is 6.44. The third-order valence-corrected chi connectivity index (χ3v) is 2.66. The number of amides is 2. The lowest BCUT2D eigenvalue weighted by Crippen LogP contribution is -2.36. The third-order valence-electron chi connectivity index (χ3n) is 2.66. The summed E-state index contributed by atoms with van der Waals surface area (Å²) in [5.41, 5.74) is 6.67. The number of anilines is 2. The van der Waals surface area contributed by atoms with E-state index in [-0.39, 0.29) is 18.2 Å². The first-order chi connectivity index (χ1) is 9.65. The molecular weight excluding hydrogens is 266 g/mol. The maximum absolute atomic E-state index is 11.8. The van der Waals surface area contributed by atoms with Gasteiger partial charge in [-0.05, 0) is 44.0 Å². The number of carbonyl (C=O) groups excluding carboxylic acids is 2. The van der Waals surface area contributed by atoms with E-state index in [0.29, 0.717) is 18.0 Å². The van der Waals surface area contributed by atoms with Gasteiger partial charge in [0.05, 0.1) is 0 Å². The van der Waals surface area contributed by atoms with Crippen molar-refractivity contribution in [3.05, 3.63) is 24.3 Å². The fourth-order valence-corrected chi connectivity index (χ4v) is 1.84. The van der Waals surface area contributed by atoms with Crippen LogP contribution in [0.5, 0.6) is 0 Å². The van der Waals surface area contributed by atoms with E-state index in [9.17, 15) is 9.59 Å². The standard InChI is InChI=1S/C16H25N3O2/c1-11(2)9-14(20)18-12-5-7-13(8-6-12)19-15(21)10-16(3,4)17/h5-8,11H,9-10,17H2,1-4H3,(H,18,20)(H,19,21). The Morgan fingerprint density at radius 1 is 1.05 bits per heavy atom. The van der Waals surface area contributed by atoms with E-state index in [1.54, 1.807) is 38.1 Å². The molecule has 0 aromatic heterocycles. The first-order valence-electron chi connectivity index (χ1n) is 7.14. The number of nitrogens with one attached hydrogen (secondary N) is 2. The van der Waals surface area contributed by atoms with Crippen LogP contribution in [0.4, 0.5) is 11.4 Å². The van der Waals surface area contributed by atoms with Gasteiger partial charge in [0.25, 0.3) is 0 Å². The van der Waals surface area contributed by atoms with Crippen molar-refractivity contribution in [2.24, 2.45) is 11.7 Å². The van der Waals surface area contributed by atoms with Crippen LogP contribution in [0.15, 0.2) is 24.3 Å². The Balaban J connectivity index is 2.54. The molecular formula is C16H25N3O2. The number of nitrogens with two attached hydrogens (primary N) is 1. The average Bonchev–Trinajstić information content (AvgIpc) is 2.27. The lowest BCUT2D eigenvalue weighted by atomic mass is 10.0. The van der Waals surface area contributed by atoms with Gasteiger partial charge < -0.3 is 16.4 Å². The Kier molecular flexibility index (Phi) is 5.90. The van der Waals surface area contributed by atoms with Crippen molar-refractivity contribution in [2.75, 3.05) is 10.6 Å². The summed E-state index contributed by atoms with van der Waals surface area (Å²) in [5, 5.41) is 5.60. The molecule has 1 aromatic carbocycles. The summed E-state index contributed by atoms with van der Waals surface area (Å²) in [4.78, 5) is 23.4. The molecule has 0 unspecified atom stereocenters. The van der Waals surface area contributed by atoms with E-state index >= 15 is 0 Å². The van der Waals surface area contributed by atoms with Gasteiger partial charge in [0.1, 0.15) is 0 Å². The fraction of sp³-hybridized carbons (Fsp3) is 0.500. The van der Waals surface area contributed by atoms with Crippen LogP contribution in [0.2, 0.25) is 0 Å². The summed E-state index contributed by atoms with van der Waals surface area (Å²) in [6.07, 6.45) is 0.740. The second kappa shape index (κ2) is 7.22. The first-order valence-corrected chi connectivity index (χ1v) is 7.14. The first kappa shape index (κ1) is 17.2. The zero-order valence-electron chi connectivity index (χ0n) is 13.2. The van der Waals surface area contributed by atoms with E-state index < -0.39 is 5.54 Å². The van der Waals surface area contributed by atoms with Crippen molar-refractivity contribution >= 4 is 23.2 Å². The van der Waals surface area contributed by atoms with Gasteiger partial charge in [0.2, 0.25) is 11.8 Å². The molecule has 0 saturated carbocycles. The predicted octanol–water partition coefficient (Wildman–Crippen LogP) is 2.74. The minimum atomic E-state index is -0.533. The molecule has 0 aliphatic heterocycles. The van der Waals surface area contributed by atoms with Gasteiger partial charge in [0, 0.05) is 29.8 Å². The molecule has 0 spiro atoms. The second-order valence-corrected chi connectivity index (χ2v) is 6.44. The van der Waals surface area contributed by atoms with Crippen molar-refractivity contribution in [3.63, 3.8) is 0 Å². The zero-order chi connectivity index (χ0) is 16.0. The van der Waals surface area contributed by atoms with Crippen LogP contribution in [-0.4, -0.2) is 17.4 Å². The molecule has 0 aliphatic carbocycles. The van der Waals surface area contributed by atoms with Crippen molar-refractivity contribution in [2.45, 2.75) is 46.1 Å². The van der Waals surface area contributed by atoms with Crippen LogP contribution >= 0.6 is 0 Å². The normalized spacial score (nSPS) is 11.3. The van der Waals surface area contributed by atoms with Gasteiger partial charge in [0.15, 0.2) is 0 Å². The molecule has 1 rings (SSSR count). The molecule has 116 valence electrons. The maximum atomic E-state index is 11.8. The molecule has 0 aliphatic rings. The van der Waals surface area contributed by atoms with Gasteiger partial charge in [-0.2, -0.15) is 0 Å². The van der Waals surface area contributed by atoms with Gasteiger partial charge in [-0.25, -0.2) is 0 Å². The highest BCUT2D eigenvalue weighted by molar-refractivity contribution is 5.93. The monoisotopic (exact) mass is 291 g/mol. The topological polar surface area (TPSA) is 84.2 Å². The lowest BCUT2D eigenvalue weighted by molar-refractivity contribution is -0.117. The van der Waals surface area contributed by atoms with Gasteiger partial charge in [-0.1, -0.05) is 13.8 Å². The summed E-state index contributed by atoms with van der Waals surface area (Å²) in [6, 6.07) is 7.04. The van der Waals surface area contributed by atoms with E-state index in [2.05, 4.69) is 10.6 Å². The highest BCUT2D eigenvalue weighted by atomic mass is 16.2. The number of hydrogen-bond donors (Lipinski definition) is 3. The minimum Gasteiger partial charge on any atom is -0.326 e. The molecule has 21 heavy (non-hydrogen) atoms. The fourth-order valence-electron chi connectivity index (χ4n) is 1.84. The smallest absolute Gasteiger partial charge is 0.226 e. The Hall–Kier alpha value is -1.88. The van der Waals surface area contributed by atoms with Crippen LogP contribution in [0.1, 0.15) is 40.5 Å². The summed E-state index contributed by atoms with van der Waals surface area (Å²) < 4.78 is 0. The van der Waals surface area contributed by atoms with Gasteiger partial charge in [-0.15, -0.1) is 0 Å². The molecule has 0 bridgehead atoms. The van der Waals surface area contributed by atoms with Crippen molar-refractivity contribution in [1.82, 2.24) is 0 Å². The summed E-state index contributed by atoms with van der Waals surface area (Å²) in [6.45, 7) is 7.61. The number of benzene rings is 1. The molecule has 0 fully saturated rings. The maximum Gasteiger partial charge on any atom is 0.226 e. The summed E-state index contributed by atoms with van der Waals surface area (Å²) in [5.74, 6) is 0.189. The largest absolute Gasteiger partial charge is 0.326 e. The number of rotatable bonds is 6. The van der Waals surface area contributed by atoms with Crippen molar-refractivity contribution < 1.29 is 9.59 Å². The van der Waals surface area contributed by atoms with Crippen LogP contribution in [0, 0.1) is 5.92 Å². The van der Waals surface area contributed by atoms with Crippen LogP contribution in [0.25, 0.3) is 0 Å². The van der Waals surface area contributed by atoms with E-state index in [4.69, 9.17) is 5.73 Å². The molecule has 0 atom stereocenters. The Morgan fingerprint density at radius 3 is 1.86 bits per heavy atom. The molecule has 4 N–H and O–H groups in total. The van der Waals surface area contributed by atoms with E-state index in [1.807, 2.05) is 13.8 Å². The van der Waals surface area contributed by atoms with Crippen LogP contribution in [-0.2, 0) is 9.59 Å². The Labute approximate surface area is 126 Å². The predicted molar refractivity (Wildman–Crippen MR) is 86.0 cm³/mol. The van der Waals surface area contributed by atoms with Crippen LogP contribution in [0.3, 0.4) is 0 Å². The molecule has 5 heteroatoms. The third kappa shape index (κ3) is 7.46. The lowest BCUT2D eigenvalue weighted by Gasteiger charge is -2.17. The van der Waals surface area contributed by atoms with E-state index in [1.165, 1.54) is 0 Å². The SMILES string of the molecule is CC(C)CC(=O)Nc1ccc(NC(=O)CC(C)(C)N)cc1. The highest BCUT2D eigenvalue weighted by Crippen LogP contribution is 2.15. The quantitative estimate of drug-likeness (QED) is 0.753. The molecule has 1 aromatic rings. The number of carbonyl (C=O) groups is 2. The van der Waals surface area contributed by atoms with Gasteiger partial charge in [-0.3, -0.25) is 9.59 Å². The highest BCUT2D eigenvalue weighted by Gasteiger charge is 2.16. The average molecular weight is 291 g/mol. The Bertz CT molecular complexity index is 487. The van der Waals surface area contributed by atoms with Crippen LogP contribution < -0.4 is 16.4 Å². The zero-order valence-corrected chi connectivity index (χ0v) is 13.2.